The van der Waals surface area contributed by atoms with E-state index >= 15 is 4.39 Å². The molecule has 1 aliphatic heterocycles. The molecule has 3 rings (SSSR count). The molecular formula is C25H39FO5. The van der Waals surface area contributed by atoms with E-state index in [1.807, 2.05) is 6.08 Å². The lowest BCUT2D eigenvalue weighted by Gasteiger charge is -2.19. The molecule has 0 radical (unpaired) electrons. The Hall–Kier alpha value is -1.40. The van der Waals surface area contributed by atoms with Crippen LogP contribution in [-0.2, 0) is 14.3 Å². The smallest absolute Gasteiger partial charge is 0.308 e. The summed E-state index contributed by atoms with van der Waals surface area (Å²) in [5, 5.41) is 20.8. The molecule has 0 aromatic heterocycles. The number of allylic oxidation sites excluding steroid dienone is 2. The van der Waals surface area contributed by atoms with Gasteiger partial charge in [0, 0.05) is 18.3 Å². The highest BCUT2D eigenvalue weighted by Crippen LogP contribution is 2.48. The summed E-state index contributed by atoms with van der Waals surface area (Å²) in [7, 11) is 1.40. The summed E-state index contributed by atoms with van der Waals surface area (Å²) in [5.41, 5.74) is 0. The highest BCUT2D eigenvalue weighted by atomic mass is 19.1. The Labute approximate surface area is 185 Å². The quantitative estimate of drug-likeness (QED) is 0.414. The third kappa shape index (κ3) is 5.89. The molecule has 31 heavy (non-hydrogen) atoms. The predicted octanol–water partition coefficient (Wildman–Crippen LogP) is 4.33. The zero-order valence-corrected chi connectivity index (χ0v) is 19.1. The van der Waals surface area contributed by atoms with E-state index in [-0.39, 0.29) is 29.8 Å². The van der Waals surface area contributed by atoms with Crippen molar-refractivity contribution in [1.82, 2.24) is 0 Å². The Bertz CT molecular complexity index is 662. The van der Waals surface area contributed by atoms with Crippen LogP contribution in [0.3, 0.4) is 0 Å². The van der Waals surface area contributed by atoms with Crippen molar-refractivity contribution in [2.45, 2.75) is 89.7 Å². The Morgan fingerprint density at radius 1 is 1.35 bits per heavy atom. The van der Waals surface area contributed by atoms with Gasteiger partial charge >= 0.3 is 5.97 Å². The van der Waals surface area contributed by atoms with Gasteiger partial charge in [-0.3, -0.25) is 4.79 Å². The molecular weight excluding hydrogens is 399 g/mol. The van der Waals surface area contributed by atoms with E-state index in [0.717, 1.165) is 32.1 Å². The Morgan fingerprint density at radius 3 is 2.84 bits per heavy atom. The number of aliphatic hydroxyl groups excluding tert-OH is 2. The SMILES string of the molecule is CCCC[C@H](C)C[C@H](O)/C=C/[C@@H]1[C@@H]2[C@H](C[C@H]1O)O/C(=C\[C@H]1CC[C@H](C(=O)OC)C1)[C@@H]2F. The van der Waals surface area contributed by atoms with Gasteiger partial charge in [-0.05, 0) is 43.6 Å². The van der Waals surface area contributed by atoms with Crippen LogP contribution in [-0.4, -0.2) is 47.8 Å². The molecule has 0 bridgehead atoms. The number of carbonyl (C=O) groups is 1. The van der Waals surface area contributed by atoms with Crippen molar-refractivity contribution in [1.29, 1.82) is 0 Å². The lowest BCUT2D eigenvalue weighted by Crippen LogP contribution is -2.25. The molecule has 9 atom stereocenters. The predicted molar refractivity (Wildman–Crippen MR) is 117 cm³/mol. The summed E-state index contributed by atoms with van der Waals surface area (Å²) < 4.78 is 26.1. The largest absolute Gasteiger partial charge is 0.491 e. The number of unbranched alkanes of at least 4 members (excludes halogenated alkanes) is 1. The Kier molecular flexibility index (Phi) is 8.57. The van der Waals surface area contributed by atoms with Crippen LogP contribution in [0.1, 0.15) is 65.2 Å². The molecule has 0 aromatic carbocycles. The fourth-order valence-corrected chi connectivity index (χ4v) is 5.58. The van der Waals surface area contributed by atoms with Gasteiger partial charge < -0.3 is 19.7 Å². The third-order valence-corrected chi connectivity index (χ3v) is 7.35. The van der Waals surface area contributed by atoms with E-state index in [2.05, 4.69) is 13.8 Å². The summed E-state index contributed by atoms with van der Waals surface area (Å²) in [6.07, 6.45) is 9.22. The highest BCUT2D eigenvalue weighted by Gasteiger charge is 2.53. The van der Waals surface area contributed by atoms with Gasteiger partial charge in [0.25, 0.3) is 0 Å². The maximum atomic E-state index is 15.3. The average Bonchev–Trinajstić information content (AvgIpc) is 3.40. The first-order valence-electron chi connectivity index (χ1n) is 12.0. The number of carbonyl (C=O) groups excluding carboxylic acids is 1. The monoisotopic (exact) mass is 438 g/mol. The maximum absolute atomic E-state index is 15.3. The highest BCUT2D eigenvalue weighted by molar-refractivity contribution is 5.72. The van der Waals surface area contributed by atoms with Gasteiger partial charge in [-0.25, -0.2) is 4.39 Å². The number of aliphatic hydroxyl groups is 2. The molecule has 176 valence electrons. The van der Waals surface area contributed by atoms with Crippen molar-refractivity contribution >= 4 is 5.97 Å². The first kappa shape index (κ1) is 24.2. The zero-order valence-electron chi connectivity index (χ0n) is 19.1. The molecule has 0 aromatic rings. The number of methoxy groups -OCH3 is 1. The maximum Gasteiger partial charge on any atom is 0.308 e. The minimum atomic E-state index is -1.27. The van der Waals surface area contributed by atoms with Gasteiger partial charge in [0.15, 0.2) is 6.17 Å². The van der Waals surface area contributed by atoms with Crippen LogP contribution in [0.2, 0.25) is 0 Å². The van der Waals surface area contributed by atoms with Gasteiger partial charge in [-0.1, -0.05) is 45.3 Å². The minimum absolute atomic E-state index is 0.113. The van der Waals surface area contributed by atoms with Crippen LogP contribution >= 0.6 is 0 Å². The molecule has 2 N–H and O–H groups in total. The summed E-state index contributed by atoms with van der Waals surface area (Å²) in [4.78, 5) is 11.7. The van der Waals surface area contributed by atoms with E-state index < -0.39 is 24.3 Å². The standard InChI is InChI=1S/C25H39FO5/c1-4-5-6-15(2)11-18(27)9-10-19-20(28)14-21-23(19)24(26)22(31-21)13-16-7-8-17(12-16)25(29)30-3/h9-10,13,15-21,23-24,27-28H,4-8,11-12,14H2,1-3H3/b10-9+,22-13-/t15-,16-,17-,18+,19-,20+,21-,23+,24-/m0/s1. The van der Waals surface area contributed by atoms with Crippen molar-refractivity contribution in [2.24, 2.45) is 29.6 Å². The number of alkyl halides is 1. The fraction of sp³-hybridized carbons (Fsp3) is 0.800. The van der Waals surface area contributed by atoms with Crippen LogP contribution in [0.4, 0.5) is 4.39 Å². The van der Waals surface area contributed by atoms with E-state index in [1.54, 1.807) is 12.2 Å². The first-order valence-corrected chi connectivity index (χ1v) is 12.0. The Balaban J connectivity index is 1.59. The van der Waals surface area contributed by atoms with Crippen molar-refractivity contribution in [3.05, 3.63) is 24.0 Å². The number of halogens is 1. The van der Waals surface area contributed by atoms with Gasteiger partial charge in [0.1, 0.15) is 11.9 Å². The molecule has 1 saturated heterocycles. The lowest BCUT2D eigenvalue weighted by atomic mass is 9.88. The summed E-state index contributed by atoms with van der Waals surface area (Å²) in [5.74, 6) is -0.217. The molecule has 0 amide bonds. The number of hydrogen-bond donors (Lipinski definition) is 2. The summed E-state index contributed by atoms with van der Waals surface area (Å²) in [6.45, 7) is 4.30. The van der Waals surface area contributed by atoms with Crippen molar-refractivity contribution in [3.8, 4) is 0 Å². The van der Waals surface area contributed by atoms with Crippen LogP contribution < -0.4 is 0 Å². The van der Waals surface area contributed by atoms with E-state index in [1.165, 1.54) is 7.11 Å². The van der Waals surface area contributed by atoms with Crippen LogP contribution in [0.25, 0.3) is 0 Å². The van der Waals surface area contributed by atoms with Gasteiger partial charge in [0.2, 0.25) is 0 Å². The van der Waals surface area contributed by atoms with E-state index in [0.29, 0.717) is 30.9 Å². The summed E-state index contributed by atoms with van der Waals surface area (Å²) >= 11 is 0. The third-order valence-electron chi connectivity index (χ3n) is 7.35. The Morgan fingerprint density at radius 2 is 2.13 bits per heavy atom. The topological polar surface area (TPSA) is 76.0 Å². The molecule has 3 aliphatic rings. The second kappa shape index (κ2) is 11.0. The molecule has 3 fully saturated rings. The molecule has 6 heteroatoms. The fourth-order valence-electron chi connectivity index (χ4n) is 5.58. The van der Waals surface area contributed by atoms with Crippen molar-refractivity contribution < 1.29 is 28.9 Å². The number of ether oxygens (including phenoxy) is 2. The molecule has 0 spiro atoms. The first-order chi connectivity index (χ1) is 14.8. The zero-order chi connectivity index (χ0) is 22.5. The minimum Gasteiger partial charge on any atom is -0.491 e. The molecule has 1 heterocycles. The average molecular weight is 439 g/mol. The van der Waals surface area contributed by atoms with Crippen LogP contribution in [0.15, 0.2) is 24.0 Å². The second-order valence-corrected chi connectivity index (χ2v) is 9.81. The molecule has 0 unspecified atom stereocenters. The van der Waals surface area contributed by atoms with Crippen LogP contribution in [0, 0.1) is 29.6 Å². The molecule has 5 nitrogen and oxygen atoms in total. The number of fused-ring (bicyclic) bond motifs is 1. The van der Waals surface area contributed by atoms with Gasteiger partial charge in [-0.15, -0.1) is 0 Å². The number of hydrogen-bond acceptors (Lipinski definition) is 5. The number of rotatable bonds is 9. The second-order valence-electron chi connectivity index (χ2n) is 9.81. The van der Waals surface area contributed by atoms with Crippen molar-refractivity contribution in [2.75, 3.05) is 7.11 Å². The van der Waals surface area contributed by atoms with Gasteiger partial charge in [0.05, 0.1) is 25.2 Å². The lowest BCUT2D eigenvalue weighted by molar-refractivity contribution is -0.145. The van der Waals surface area contributed by atoms with Crippen LogP contribution in [0.5, 0.6) is 0 Å². The van der Waals surface area contributed by atoms with Crippen molar-refractivity contribution in [3.63, 3.8) is 0 Å². The molecule has 2 aliphatic carbocycles. The summed E-state index contributed by atoms with van der Waals surface area (Å²) in [6, 6.07) is 0. The van der Waals surface area contributed by atoms with E-state index in [4.69, 9.17) is 9.47 Å². The van der Waals surface area contributed by atoms with E-state index in [9.17, 15) is 15.0 Å². The van der Waals surface area contributed by atoms with Gasteiger partial charge in [-0.2, -0.15) is 0 Å². The number of esters is 1. The molecule has 2 saturated carbocycles. The normalized spacial score (nSPS) is 38.4.